The van der Waals surface area contributed by atoms with Gasteiger partial charge in [0.2, 0.25) is 11.0 Å². The van der Waals surface area contributed by atoms with E-state index < -0.39 is 94.7 Å². The number of thiazole rings is 1. The van der Waals surface area contributed by atoms with Crippen LogP contribution in [0.25, 0.3) is 11.5 Å². The second-order valence-electron chi connectivity index (χ2n) is 12.6. The second-order valence-corrected chi connectivity index (χ2v) is 17.4. The van der Waals surface area contributed by atoms with Gasteiger partial charge in [-0.3, -0.25) is 23.9 Å². The Labute approximate surface area is 302 Å². The molecular weight excluding hydrogens is 769 g/mol. The van der Waals surface area contributed by atoms with Gasteiger partial charge in [0, 0.05) is 30.4 Å². The van der Waals surface area contributed by atoms with Crippen molar-refractivity contribution in [2.45, 2.75) is 69.0 Å². The molecule has 53 heavy (non-hydrogen) atoms. The number of aliphatic carboxylic acids is 1. The van der Waals surface area contributed by atoms with E-state index in [-0.39, 0.29) is 33.6 Å². The number of aromatic hydroxyl groups is 1. The van der Waals surface area contributed by atoms with Gasteiger partial charge in [0.1, 0.15) is 11.7 Å². The zero-order chi connectivity index (χ0) is 39.4. The predicted molar refractivity (Wildman–Crippen MR) is 183 cm³/mol. The zero-order valence-electron chi connectivity index (χ0n) is 28.1. The van der Waals surface area contributed by atoms with E-state index in [9.17, 15) is 55.8 Å². The molecule has 5 rings (SSSR count). The first kappa shape index (κ1) is 38.6. The average Bonchev–Trinajstić information content (AvgIpc) is 3.63. The first-order chi connectivity index (χ1) is 24.5. The number of nitrogens with two attached hydrogens (primary N) is 1. The number of rotatable bonds is 13. The zero-order valence-corrected chi connectivity index (χ0v) is 30.5. The number of hydrogen-bond acceptors (Lipinski definition) is 17. The lowest BCUT2D eigenvalue weighted by Gasteiger charge is -2.43. The lowest BCUT2D eigenvalue weighted by atomic mass is 9.97. The van der Waals surface area contributed by atoms with Crippen LogP contribution >= 0.6 is 11.3 Å². The molecule has 3 aromatic rings. The standard InChI is InChI=1S/C27H32N10O13S3/c1-12-17(31-20(40)18(14-11-51-23(28)30-14)33-50-26(2,3)22(42)43)21(41)36(12)24(44)34-53(48,49)37-25(45)35(8-7-27(5-6-27)52(4,46)47)19(32-37)13-9-15(38)16(39)10-29-13/h9-12,17,39H,5-8H2,1-4H3,(H2,28,30)(H,29,38)(H,31,40)(H,34,44)(H,42,43)/b33-18-/t12-,17-/m0/s1. The van der Waals surface area contributed by atoms with Crippen molar-refractivity contribution in [2.24, 2.45) is 5.16 Å². The van der Waals surface area contributed by atoms with Gasteiger partial charge in [-0.1, -0.05) is 9.24 Å². The number of H-pyrrole nitrogens is 1. The minimum atomic E-state index is -5.24. The molecule has 1 aliphatic carbocycles. The van der Waals surface area contributed by atoms with Crippen molar-refractivity contribution in [3.8, 4) is 17.3 Å². The number of imide groups is 1. The van der Waals surface area contributed by atoms with Crippen molar-refractivity contribution >= 4 is 66.0 Å². The highest BCUT2D eigenvalue weighted by atomic mass is 32.2. The SMILES string of the molecule is C[C@H]1[C@H](NC(=O)/C(=N\OC(C)(C)C(=O)O)c2csc(N)n2)C(=O)N1C(=O)NS(=O)(=O)n1nc(-c2cc(=O)c(O)c[nH]2)n(CCC2(S(C)(=O)=O)CC2)c1=O. The summed E-state index contributed by atoms with van der Waals surface area (Å²) in [5.41, 5.74) is 0.537. The molecule has 2 atom stereocenters. The normalized spacial score (nSPS) is 18.6. The Hall–Kier alpha value is -5.63. The van der Waals surface area contributed by atoms with Crippen molar-refractivity contribution in [3.63, 3.8) is 0 Å². The summed E-state index contributed by atoms with van der Waals surface area (Å²) < 4.78 is 52.5. The van der Waals surface area contributed by atoms with Crippen LogP contribution < -0.4 is 26.9 Å². The molecule has 23 nitrogen and oxygen atoms in total. The molecule has 0 radical (unpaired) electrons. The topological polar surface area (TPSA) is 338 Å². The number of nitrogens with one attached hydrogen (secondary N) is 3. The molecule has 1 saturated heterocycles. The Bertz CT molecular complexity index is 2410. The molecule has 3 aromatic heterocycles. The summed E-state index contributed by atoms with van der Waals surface area (Å²) in [5.74, 6) is -4.77. The van der Waals surface area contributed by atoms with Crippen LogP contribution in [0.15, 0.2) is 32.4 Å². The number of anilines is 1. The number of sulfone groups is 1. The van der Waals surface area contributed by atoms with E-state index in [0.29, 0.717) is 17.7 Å². The molecule has 1 saturated carbocycles. The van der Waals surface area contributed by atoms with Gasteiger partial charge >= 0.3 is 27.9 Å². The summed E-state index contributed by atoms with van der Waals surface area (Å²) >= 11 is 0.916. The summed E-state index contributed by atoms with van der Waals surface area (Å²) in [7, 11) is -8.81. The van der Waals surface area contributed by atoms with E-state index in [4.69, 9.17) is 10.6 Å². The summed E-state index contributed by atoms with van der Waals surface area (Å²) in [4.78, 5) is 88.3. The van der Waals surface area contributed by atoms with E-state index in [2.05, 4.69) is 25.5 Å². The fourth-order valence-corrected chi connectivity index (χ4v) is 7.84. The molecule has 286 valence electrons. The monoisotopic (exact) mass is 800 g/mol. The summed E-state index contributed by atoms with van der Waals surface area (Å²) in [6.45, 7) is 3.20. The third-order valence-corrected chi connectivity index (χ3v) is 12.5. The highest BCUT2D eigenvalue weighted by Gasteiger charge is 2.52. The first-order valence-electron chi connectivity index (χ1n) is 15.2. The maximum absolute atomic E-state index is 13.5. The van der Waals surface area contributed by atoms with Crippen molar-refractivity contribution in [1.29, 1.82) is 0 Å². The molecule has 7 N–H and O–H groups in total. The van der Waals surface area contributed by atoms with Gasteiger partial charge in [-0.2, -0.15) is 8.42 Å². The number of oxime groups is 1. The molecule has 1 aliphatic heterocycles. The number of carboxylic acids is 1. The third kappa shape index (κ3) is 7.36. The number of aromatic amines is 1. The minimum absolute atomic E-state index is 0.0169. The van der Waals surface area contributed by atoms with Gasteiger partial charge in [0.15, 0.2) is 32.3 Å². The number of carbonyl (C=O) groups excluding carboxylic acids is 3. The average molecular weight is 801 g/mol. The number of aromatic nitrogens is 5. The molecule has 0 bridgehead atoms. The van der Waals surface area contributed by atoms with E-state index in [1.807, 2.05) is 0 Å². The van der Waals surface area contributed by atoms with Crippen molar-refractivity contribution in [3.05, 3.63) is 44.0 Å². The lowest BCUT2D eigenvalue weighted by molar-refractivity contribution is -0.161. The number of β-lactam (4-membered cyclic amide) rings is 1. The Kier molecular flexibility index (Phi) is 9.77. The Morgan fingerprint density at radius 3 is 2.40 bits per heavy atom. The Morgan fingerprint density at radius 2 is 1.87 bits per heavy atom. The van der Waals surface area contributed by atoms with E-state index in [1.54, 1.807) is 4.72 Å². The Morgan fingerprint density at radius 1 is 1.21 bits per heavy atom. The maximum atomic E-state index is 13.5. The minimum Gasteiger partial charge on any atom is -0.503 e. The Balaban J connectivity index is 1.36. The van der Waals surface area contributed by atoms with Crippen LogP contribution in [0.5, 0.6) is 5.75 Å². The van der Waals surface area contributed by atoms with Crippen LogP contribution in [0, 0.1) is 0 Å². The summed E-state index contributed by atoms with van der Waals surface area (Å²) in [6.07, 6.45) is 2.35. The molecule has 0 aromatic carbocycles. The summed E-state index contributed by atoms with van der Waals surface area (Å²) in [6, 6.07) is -3.36. The number of nitrogens with zero attached hydrogens (tertiary/aromatic N) is 6. The van der Waals surface area contributed by atoms with E-state index in [1.165, 1.54) is 12.3 Å². The second kappa shape index (κ2) is 13.4. The molecule has 2 aliphatic rings. The molecule has 4 heterocycles. The maximum Gasteiger partial charge on any atom is 0.362 e. The smallest absolute Gasteiger partial charge is 0.362 e. The molecule has 4 amide bonds. The van der Waals surface area contributed by atoms with Crippen molar-refractivity contribution in [2.75, 3.05) is 12.0 Å². The van der Waals surface area contributed by atoms with Gasteiger partial charge in [0.25, 0.3) is 11.8 Å². The van der Waals surface area contributed by atoms with Crippen LogP contribution in [-0.2, 0) is 45.8 Å². The fraction of sp³-hybridized carbons (Fsp3) is 0.444. The summed E-state index contributed by atoms with van der Waals surface area (Å²) in [5, 5.41) is 30.0. The third-order valence-electron chi connectivity index (χ3n) is 8.56. The lowest BCUT2D eigenvalue weighted by Crippen LogP contribution is -2.73. The number of carbonyl (C=O) groups is 4. The highest BCUT2D eigenvalue weighted by Crippen LogP contribution is 2.46. The molecular formula is C27H32N10O13S3. The fourth-order valence-electron chi connectivity index (χ4n) is 5.09. The van der Waals surface area contributed by atoms with Crippen molar-refractivity contribution in [1.82, 2.24) is 38.7 Å². The largest absolute Gasteiger partial charge is 0.503 e. The number of likely N-dealkylation sites (tertiary alicyclic amines) is 1. The number of urea groups is 1. The van der Waals surface area contributed by atoms with Gasteiger partial charge in [-0.25, -0.2) is 32.5 Å². The predicted octanol–water partition coefficient (Wildman–Crippen LogP) is -2.09. The number of nitrogen functional groups attached to an aromatic ring is 1. The van der Waals surface area contributed by atoms with Crippen LogP contribution in [0.3, 0.4) is 0 Å². The quantitative estimate of drug-likeness (QED) is 0.0613. The number of carboxylic acid groups (broad SMARTS) is 1. The van der Waals surface area contributed by atoms with Crippen LogP contribution in [0.2, 0.25) is 0 Å². The highest BCUT2D eigenvalue weighted by molar-refractivity contribution is 7.92. The van der Waals surface area contributed by atoms with Gasteiger partial charge < -0.3 is 31.1 Å². The molecule has 0 unspecified atom stereocenters. The first-order valence-corrected chi connectivity index (χ1v) is 19.4. The van der Waals surface area contributed by atoms with Gasteiger partial charge in [-0.15, -0.1) is 16.4 Å². The number of hydrogen-bond donors (Lipinski definition) is 6. The molecule has 2 fully saturated rings. The molecule has 0 spiro atoms. The van der Waals surface area contributed by atoms with E-state index >= 15 is 0 Å². The van der Waals surface area contributed by atoms with E-state index in [0.717, 1.165) is 48.3 Å². The number of amides is 4. The van der Waals surface area contributed by atoms with Gasteiger partial charge in [-0.05, 0) is 40.0 Å². The van der Waals surface area contributed by atoms with Crippen LogP contribution in [0.4, 0.5) is 9.93 Å². The number of pyridine rings is 1. The molecule has 26 heteroatoms. The van der Waals surface area contributed by atoms with Gasteiger partial charge in [0.05, 0.1) is 16.5 Å². The van der Waals surface area contributed by atoms with Crippen molar-refractivity contribution < 1.29 is 51.1 Å². The van der Waals surface area contributed by atoms with Crippen LogP contribution in [-0.4, -0.2) is 114 Å². The van der Waals surface area contributed by atoms with Crippen LogP contribution in [0.1, 0.15) is 45.7 Å².